The van der Waals surface area contributed by atoms with E-state index in [1.165, 1.54) is 0 Å². The zero-order valence-electron chi connectivity index (χ0n) is 10.5. The average Bonchev–Trinajstić information content (AvgIpc) is 2.30. The minimum atomic E-state index is -3.46. The number of benzene rings is 1. The van der Waals surface area contributed by atoms with Gasteiger partial charge in [0, 0.05) is 12.2 Å². The molecule has 0 radical (unpaired) electrons. The standard InChI is InChI=1S/C12H20N2O3S/c1-2-5-11(15)8-14-18(16,17)9-10-6-3-4-7-12(10)13/h3-4,6-7,11,14-15H,2,5,8-9,13H2,1H3. The Morgan fingerprint density at radius 2 is 2.06 bits per heavy atom. The lowest BCUT2D eigenvalue weighted by molar-refractivity contribution is 0.167. The summed E-state index contributed by atoms with van der Waals surface area (Å²) in [5, 5.41) is 9.48. The fourth-order valence-corrected chi connectivity index (χ4v) is 2.80. The first-order valence-electron chi connectivity index (χ1n) is 5.93. The van der Waals surface area contributed by atoms with Crippen molar-refractivity contribution in [2.75, 3.05) is 12.3 Å². The molecular formula is C12H20N2O3S. The number of hydrogen-bond acceptors (Lipinski definition) is 4. The van der Waals surface area contributed by atoms with Crippen molar-refractivity contribution in [3.63, 3.8) is 0 Å². The maximum Gasteiger partial charge on any atom is 0.215 e. The van der Waals surface area contributed by atoms with Gasteiger partial charge in [-0.05, 0) is 18.1 Å². The zero-order valence-corrected chi connectivity index (χ0v) is 11.3. The molecule has 0 amide bonds. The van der Waals surface area contributed by atoms with Gasteiger partial charge >= 0.3 is 0 Å². The fraction of sp³-hybridized carbons (Fsp3) is 0.500. The number of anilines is 1. The molecule has 0 aliphatic rings. The van der Waals surface area contributed by atoms with Gasteiger partial charge in [0.1, 0.15) is 0 Å². The first-order chi connectivity index (χ1) is 8.44. The molecule has 1 rings (SSSR count). The zero-order chi connectivity index (χ0) is 13.6. The van der Waals surface area contributed by atoms with Crippen molar-refractivity contribution < 1.29 is 13.5 Å². The predicted molar refractivity (Wildman–Crippen MR) is 72.4 cm³/mol. The van der Waals surface area contributed by atoms with Crippen LogP contribution in [-0.4, -0.2) is 26.2 Å². The van der Waals surface area contributed by atoms with E-state index in [4.69, 9.17) is 5.73 Å². The second-order valence-electron chi connectivity index (χ2n) is 4.25. The molecule has 1 aromatic rings. The van der Waals surface area contributed by atoms with Gasteiger partial charge < -0.3 is 10.8 Å². The number of para-hydroxylation sites is 1. The van der Waals surface area contributed by atoms with Crippen LogP contribution in [0.15, 0.2) is 24.3 Å². The van der Waals surface area contributed by atoms with Gasteiger partial charge in [-0.1, -0.05) is 31.5 Å². The molecule has 1 unspecified atom stereocenters. The van der Waals surface area contributed by atoms with E-state index < -0.39 is 16.1 Å². The third kappa shape index (κ3) is 5.03. The van der Waals surface area contributed by atoms with Gasteiger partial charge in [0.15, 0.2) is 0 Å². The summed E-state index contributed by atoms with van der Waals surface area (Å²) in [6.07, 6.45) is 0.753. The van der Waals surface area contributed by atoms with Gasteiger partial charge in [0.05, 0.1) is 11.9 Å². The van der Waals surface area contributed by atoms with E-state index in [0.717, 1.165) is 6.42 Å². The van der Waals surface area contributed by atoms with Gasteiger partial charge in [-0.15, -0.1) is 0 Å². The van der Waals surface area contributed by atoms with E-state index in [-0.39, 0.29) is 12.3 Å². The van der Waals surface area contributed by atoms with Crippen molar-refractivity contribution in [3.8, 4) is 0 Å². The van der Waals surface area contributed by atoms with Crippen molar-refractivity contribution in [1.29, 1.82) is 0 Å². The molecule has 0 heterocycles. The summed E-state index contributed by atoms with van der Waals surface area (Å²) >= 11 is 0. The molecule has 5 nitrogen and oxygen atoms in total. The Balaban J connectivity index is 2.58. The Kier molecular flexibility index (Phi) is 5.58. The molecule has 0 bridgehead atoms. The largest absolute Gasteiger partial charge is 0.398 e. The molecule has 0 aliphatic carbocycles. The Morgan fingerprint density at radius 1 is 1.39 bits per heavy atom. The fourth-order valence-electron chi connectivity index (χ4n) is 1.58. The van der Waals surface area contributed by atoms with E-state index in [9.17, 15) is 13.5 Å². The van der Waals surface area contributed by atoms with Gasteiger partial charge in [-0.2, -0.15) is 0 Å². The number of aliphatic hydroxyl groups excluding tert-OH is 1. The van der Waals surface area contributed by atoms with Crippen molar-refractivity contribution in [3.05, 3.63) is 29.8 Å². The highest BCUT2D eigenvalue weighted by Gasteiger charge is 2.14. The number of sulfonamides is 1. The summed E-state index contributed by atoms with van der Waals surface area (Å²) in [5.74, 6) is -0.168. The summed E-state index contributed by atoms with van der Waals surface area (Å²) in [4.78, 5) is 0. The number of rotatable bonds is 7. The van der Waals surface area contributed by atoms with Crippen LogP contribution in [0.3, 0.4) is 0 Å². The molecule has 0 aromatic heterocycles. The molecular weight excluding hydrogens is 252 g/mol. The average molecular weight is 272 g/mol. The van der Waals surface area contributed by atoms with Gasteiger partial charge in [-0.25, -0.2) is 13.1 Å². The molecule has 0 aliphatic heterocycles. The van der Waals surface area contributed by atoms with Crippen molar-refractivity contribution in [1.82, 2.24) is 4.72 Å². The maximum atomic E-state index is 11.8. The second kappa shape index (κ2) is 6.72. The lowest BCUT2D eigenvalue weighted by Gasteiger charge is -2.12. The topological polar surface area (TPSA) is 92.4 Å². The second-order valence-corrected chi connectivity index (χ2v) is 6.06. The van der Waals surface area contributed by atoms with Crippen LogP contribution in [0.1, 0.15) is 25.3 Å². The van der Waals surface area contributed by atoms with Crippen LogP contribution in [0.4, 0.5) is 5.69 Å². The van der Waals surface area contributed by atoms with Crippen LogP contribution in [-0.2, 0) is 15.8 Å². The Bertz CT molecular complexity index is 474. The highest BCUT2D eigenvalue weighted by atomic mass is 32.2. The van der Waals surface area contributed by atoms with Crippen LogP contribution in [0.5, 0.6) is 0 Å². The van der Waals surface area contributed by atoms with E-state index >= 15 is 0 Å². The summed E-state index contributed by atoms with van der Waals surface area (Å²) in [7, 11) is -3.46. The number of nitrogens with two attached hydrogens (primary N) is 1. The lowest BCUT2D eigenvalue weighted by atomic mass is 10.2. The Labute approximate surface area is 108 Å². The quantitative estimate of drug-likeness (QED) is 0.642. The number of aliphatic hydroxyl groups is 1. The number of nitrogens with one attached hydrogen (secondary N) is 1. The van der Waals surface area contributed by atoms with Crippen LogP contribution in [0.2, 0.25) is 0 Å². The third-order valence-corrected chi connectivity index (χ3v) is 3.86. The molecule has 6 heteroatoms. The highest BCUT2D eigenvalue weighted by Crippen LogP contribution is 2.13. The van der Waals surface area contributed by atoms with Crippen molar-refractivity contribution in [2.24, 2.45) is 0 Å². The van der Waals surface area contributed by atoms with Crippen molar-refractivity contribution >= 4 is 15.7 Å². The predicted octanol–water partition coefficient (Wildman–Crippen LogP) is 0.849. The molecule has 0 fully saturated rings. The first-order valence-corrected chi connectivity index (χ1v) is 7.58. The number of hydrogen-bond donors (Lipinski definition) is 3. The molecule has 0 saturated heterocycles. The third-order valence-electron chi connectivity index (χ3n) is 2.56. The SMILES string of the molecule is CCCC(O)CNS(=O)(=O)Cc1ccccc1N. The molecule has 1 aromatic carbocycles. The minimum Gasteiger partial charge on any atom is -0.398 e. The monoisotopic (exact) mass is 272 g/mol. The normalized spacial score (nSPS) is 13.4. The van der Waals surface area contributed by atoms with Gasteiger partial charge in [0.25, 0.3) is 0 Å². The highest BCUT2D eigenvalue weighted by molar-refractivity contribution is 7.88. The summed E-state index contributed by atoms with van der Waals surface area (Å²) < 4.78 is 26.0. The van der Waals surface area contributed by atoms with Crippen LogP contribution in [0, 0.1) is 0 Å². The van der Waals surface area contributed by atoms with E-state index in [1.807, 2.05) is 6.92 Å². The summed E-state index contributed by atoms with van der Waals surface area (Å²) in [6.45, 7) is 1.98. The van der Waals surface area contributed by atoms with Crippen molar-refractivity contribution in [2.45, 2.75) is 31.6 Å². The molecule has 1 atom stereocenters. The van der Waals surface area contributed by atoms with E-state index in [1.54, 1.807) is 24.3 Å². The molecule has 0 spiro atoms. The Morgan fingerprint density at radius 3 is 2.67 bits per heavy atom. The maximum absolute atomic E-state index is 11.8. The Hall–Kier alpha value is -1.11. The van der Waals surface area contributed by atoms with Crippen LogP contribution >= 0.6 is 0 Å². The smallest absolute Gasteiger partial charge is 0.215 e. The van der Waals surface area contributed by atoms with E-state index in [2.05, 4.69) is 4.72 Å². The van der Waals surface area contributed by atoms with Crippen LogP contribution < -0.4 is 10.5 Å². The molecule has 102 valence electrons. The molecule has 0 saturated carbocycles. The van der Waals surface area contributed by atoms with E-state index in [0.29, 0.717) is 17.7 Å². The minimum absolute atomic E-state index is 0.0446. The first kappa shape index (κ1) is 14.9. The van der Waals surface area contributed by atoms with Crippen LogP contribution in [0.25, 0.3) is 0 Å². The molecule has 4 N–H and O–H groups in total. The molecule has 18 heavy (non-hydrogen) atoms. The van der Waals surface area contributed by atoms with Gasteiger partial charge in [-0.3, -0.25) is 0 Å². The number of nitrogen functional groups attached to an aromatic ring is 1. The summed E-state index contributed by atoms with van der Waals surface area (Å²) in [5.41, 5.74) is 6.71. The van der Waals surface area contributed by atoms with Gasteiger partial charge in [0.2, 0.25) is 10.0 Å². The lowest BCUT2D eigenvalue weighted by Crippen LogP contribution is -2.33. The summed E-state index contributed by atoms with van der Waals surface area (Å²) in [6, 6.07) is 6.84.